The lowest BCUT2D eigenvalue weighted by atomic mass is 10.2. The number of fused-ring (bicyclic) bond motifs is 1. The summed E-state index contributed by atoms with van der Waals surface area (Å²) in [6, 6.07) is 12.2. The third-order valence-corrected chi connectivity index (χ3v) is 6.11. The number of hydrogen-bond acceptors (Lipinski definition) is 6. The van der Waals surface area contributed by atoms with E-state index in [0.29, 0.717) is 5.02 Å². The van der Waals surface area contributed by atoms with Gasteiger partial charge in [-0.2, -0.15) is 0 Å². The van der Waals surface area contributed by atoms with E-state index < -0.39 is 4.92 Å². The molecule has 1 atom stereocenters. The fourth-order valence-electron chi connectivity index (χ4n) is 3.47. The van der Waals surface area contributed by atoms with E-state index >= 15 is 0 Å². The van der Waals surface area contributed by atoms with Crippen molar-refractivity contribution < 1.29 is 9.72 Å². The highest BCUT2D eigenvalue weighted by Crippen LogP contribution is 2.36. The lowest BCUT2D eigenvalue weighted by molar-refractivity contribution is -0.383. The standard InChI is InChI=1S/C19H17ClN4O3S/c20-12-7-8-15(24(26)27)14(10-12)21-18(25)11-23-9-3-5-16(23)19-22-13-4-1-2-6-17(13)28-19/h1-2,4,6-8,10,16H,3,5,9,11H2,(H,21,25)/t16-/m1/s1. The first-order valence-corrected chi connectivity index (χ1v) is 10.0. The highest BCUT2D eigenvalue weighted by Gasteiger charge is 2.30. The van der Waals surface area contributed by atoms with Crippen LogP contribution in [-0.4, -0.2) is 33.8 Å². The lowest BCUT2D eigenvalue weighted by Crippen LogP contribution is -2.33. The summed E-state index contributed by atoms with van der Waals surface area (Å²) < 4.78 is 1.13. The van der Waals surface area contributed by atoms with E-state index in [1.54, 1.807) is 11.3 Å². The average Bonchev–Trinajstić information content (AvgIpc) is 3.27. The van der Waals surface area contributed by atoms with E-state index in [4.69, 9.17) is 16.6 Å². The molecule has 0 spiro atoms. The fourth-order valence-corrected chi connectivity index (χ4v) is 4.78. The first-order chi connectivity index (χ1) is 13.5. The van der Waals surface area contributed by atoms with Gasteiger partial charge in [0.05, 0.1) is 27.7 Å². The lowest BCUT2D eigenvalue weighted by Gasteiger charge is -2.22. The molecule has 9 heteroatoms. The Morgan fingerprint density at radius 3 is 2.96 bits per heavy atom. The molecule has 28 heavy (non-hydrogen) atoms. The minimum absolute atomic E-state index is 0.0810. The molecule has 0 unspecified atom stereocenters. The molecule has 1 aromatic heterocycles. The van der Waals surface area contributed by atoms with Gasteiger partial charge < -0.3 is 5.32 Å². The van der Waals surface area contributed by atoms with Crippen LogP contribution in [0.1, 0.15) is 23.9 Å². The van der Waals surface area contributed by atoms with Crippen LogP contribution in [0.25, 0.3) is 10.2 Å². The number of nitro benzene ring substituents is 1. The molecule has 1 aliphatic rings. The number of likely N-dealkylation sites (tertiary alicyclic amines) is 1. The van der Waals surface area contributed by atoms with Crippen molar-refractivity contribution in [1.29, 1.82) is 0 Å². The number of nitrogens with one attached hydrogen (secondary N) is 1. The number of thiazole rings is 1. The van der Waals surface area contributed by atoms with Gasteiger partial charge in [-0.1, -0.05) is 23.7 Å². The van der Waals surface area contributed by atoms with Gasteiger partial charge in [0.15, 0.2) is 0 Å². The van der Waals surface area contributed by atoms with Crippen molar-refractivity contribution in [3.8, 4) is 0 Å². The largest absolute Gasteiger partial charge is 0.319 e. The summed E-state index contributed by atoms with van der Waals surface area (Å²) in [7, 11) is 0. The van der Waals surface area contributed by atoms with Crippen molar-refractivity contribution in [2.24, 2.45) is 0 Å². The van der Waals surface area contributed by atoms with Gasteiger partial charge in [-0.05, 0) is 43.7 Å². The Balaban J connectivity index is 1.49. The van der Waals surface area contributed by atoms with Gasteiger partial charge in [-0.3, -0.25) is 19.8 Å². The number of carbonyl (C=O) groups is 1. The second-order valence-corrected chi connectivity index (χ2v) is 8.11. The number of benzene rings is 2. The van der Waals surface area contributed by atoms with E-state index in [9.17, 15) is 14.9 Å². The highest BCUT2D eigenvalue weighted by molar-refractivity contribution is 7.18. The van der Waals surface area contributed by atoms with Gasteiger partial charge in [0, 0.05) is 11.1 Å². The molecule has 1 amide bonds. The zero-order valence-electron chi connectivity index (χ0n) is 14.8. The molecule has 2 heterocycles. The van der Waals surface area contributed by atoms with Crippen LogP contribution >= 0.6 is 22.9 Å². The van der Waals surface area contributed by atoms with Gasteiger partial charge in [0.2, 0.25) is 5.91 Å². The summed E-state index contributed by atoms with van der Waals surface area (Å²) in [6.07, 6.45) is 1.91. The van der Waals surface area contributed by atoms with Crippen LogP contribution in [0.2, 0.25) is 5.02 Å². The second-order valence-electron chi connectivity index (χ2n) is 6.62. The Bertz CT molecular complexity index is 1020. The van der Waals surface area contributed by atoms with Crippen molar-refractivity contribution in [3.63, 3.8) is 0 Å². The molecule has 0 bridgehead atoms. The third kappa shape index (κ3) is 3.84. The van der Waals surface area contributed by atoms with E-state index in [0.717, 1.165) is 34.6 Å². The minimum Gasteiger partial charge on any atom is -0.319 e. The maximum absolute atomic E-state index is 12.6. The van der Waals surface area contributed by atoms with Gasteiger partial charge >= 0.3 is 0 Å². The maximum Gasteiger partial charge on any atom is 0.292 e. The molecule has 1 saturated heterocycles. The molecule has 1 fully saturated rings. The topological polar surface area (TPSA) is 88.4 Å². The predicted molar refractivity (Wildman–Crippen MR) is 110 cm³/mol. The number of carbonyl (C=O) groups excluding carboxylic acids is 1. The Kier molecular flexibility index (Phi) is 5.25. The van der Waals surface area contributed by atoms with Crippen LogP contribution < -0.4 is 5.32 Å². The second kappa shape index (κ2) is 7.83. The van der Waals surface area contributed by atoms with Crippen LogP contribution in [0.4, 0.5) is 11.4 Å². The van der Waals surface area contributed by atoms with E-state index in [-0.39, 0.29) is 29.9 Å². The smallest absolute Gasteiger partial charge is 0.292 e. The summed E-state index contributed by atoms with van der Waals surface area (Å²) in [5, 5.41) is 15.1. The predicted octanol–water partition coefficient (Wildman–Crippen LogP) is 4.63. The molecule has 4 rings (SSSR count). The summed E-state index contributed by atoms with van der Waals surface area (Å²) in [6.45, 7) is 0.926. The Labute approximate surface area is 170 Å². The van der Waals surface area contributed by atoms with Crippen molar-refractivity contribution in [2.45, 2.75) is 18.9 Å². The Morgan fingerprint density at radius 2 is 2.18 bits per heavy atom. The molecule has 7 nitrogen and oxygen atoms in total. The Hall–Kier alpha value is -2.55. The number of anilines is 1. The molecule has 3 aromatic rings. The van der Waals surface area contributed by atoms with Crippen molar-refractivity contribution in [3.05, 3.63) is 62.6 Å². The van der Waals surface area contributed by atoms with E-state index in [1.165, 1.54) is 18.2 Å². The van der Waals surface area contributed by atoms with Crippen LogP contribution in [-0.2, 0) is 4.79 Å². The quantitative estimate of drug-likeness (QED) is 0.483. The van der Waals surface area contributed by atoms with Gasteiger partial charge in [0.1, 0.15) is 10.7 Å². The van der Waals surface area contributed by atoms with E-state index in [1.807, 2.05) is 24.3 Å². The number of nitro groups is 1. The summed E-state index contributed by atoms with van der Waals surface area (Å²) >= 11 is 7.57. The molecule has 0 saturated carbocycles. The maximum atomic E-state index is 12.6. The van der Waals surface area contributed by atoms with Crippen molar-refractivity contribution in [1.82, 2.24) is 9.88 Å². The molecule has 0 radical (unpaired) electrons. The zero-order valence-corrected chi connectivity index (χ0v) is 16.4. The minimum atomic E-state index is -0.536. The number of halogens is 1. The number of para-hydroxylation sites is 1. The van der Waals surface area contributed by atoms with Crippen LogP contribution in [0.15, 0.2) is 42.5 Å². The third-order valence-electron chi connectivity index (χ3n) is 4.74. The number of hydrogen-bond donors (Lipinski definition) is 1. The molecule has 1 N–H and O–H groups in total. The molecule has 0 aliphatic carbocycles. The van der Waals surface area contributed by atoms with Crippen molar-refractivity contribution >= 4 is 50.4 Å². The summed E-state index contributed by atoms with van der Waals surface area (Å²) in [4.78, 5) is 30.0. The number of nitrogens with zero attached hydrogens (tertiary/aromatic N) is 3. The normalized spacial score (nSPS) is 17.1. The van der Waals surface area contributed by atoms with E-state index in [2.05, 4.69) is 10.2 Å². The monoisotopic (exact) mass is 416 g/mol. The van der Waals surface area contributed by atoms with Crippen LogP contribution in [0.3, 0.4) is 0 Å². The first-order valence-electron chi connectivity index (χ1n) is 8.84. The van der Waals surface area contributed by atoms with Gasteiger partial charge in [-0.25, -0.2) is 4.98 Å². The first kappa shape index (κ1) is 18.8. The van der Waals surface area contributed by atoms with Crippen LogP contribution in [0, 0.1) is 10.1 Å². The molecular formula is C19H17ClN4O3S. The van der Waals surface area contributed by atoms with Gasteiger partial charge in [-0.15, -0.1) is 11.3 Å². The fraction of sp³-hybridized carbons (Fsp3) is 0.263. The molecule has 1 aliphatic heterocycles. The summed E-state index contributed by atoms with van der Waals surface area (Å²) in [5.41, 5.74) is 0.897. The molecular weight excluding hydrogens is 400 g/mol. The van der Waals surface area contributed by atoms with Gasteiger partial charge in [0.25, 0.3) is 5.69 Å². The molecule has 144 valence electrons. The number of amides is 1. The molecule has 2 aromatic carbocycles. The average molecular weight is 417 g/mol. The van der Waals surface area contributed by atoms with Crippen LogP contribution in [0.5, 0.6) is 0 Å². The SMILES string of the molecule is O=C(CN1CCC[C@@H]1c1nc2ccccc2s1)Nc1cc(Cl)ccc1[N+](=O)[O-]. The number of aromatic nitrogens is 1. The zero-order chi connectivity index (χ0) is 19.7. The summed E-state index contributed by atoms with van der Waals surface area (Å²) in [5.74, 6) is -0.307. The van der Waals surface area contributed by atoms with Crippen molar-refractivity contribution in [2.75, 3.05) is 18.4 Å². The highest BCUT2D eigenvalue weighted by atomic mass is 35.5. The Morgan fingerprint density at radius 1 is 1.36 bits per heavy atom. The number of rotatable bonds is 5.